The number of halogens is 1. The molecule has 0 aliphatic carbocycles. The fraction of sp³-hybridized carbons (Fsp3) is 0.333. The molecule has 0 radical (unpaired) electrons. The number of hydrogen-bond donors (Lipinski definition) is 0. The first-order chi connectivity index (χ1) is 8.19. The van der Waals surface area contributed by atoms with Gasteiger partial charge in [0.15, 0.2) is 0 Å². The Hall–Kier alpha value is -1.55. The average molecular weight is 253 g/mol. The van der Waals surface area contributed by atoms with Gasteiger partial charge in [0.05, 0.1) is 17.7 Å². The molecule has 0 aliphatic rings. The van der Waals surface area contributed by atoms with Gasteiger partial charge >= 0.3 is 0 Å². The second-order valence-corrected chi connectivity index (χ2v) is 4.09. The fourth-order valence-electron chi connectivity index (χ4n) is 1.35. The summed E-state index contributed by atoms with van der Waals surface area (Å²) in [6, 6.07) is 3.61. The first kappa shape index (κ1) is 11.9. The maximum atomic E-state index is 5.67. The van der Waals surface area contributed by atoms with E-state index in [4.69, 9.17) is 20.8 Å². The van der Waals surface area contributed by atoms with E-state index >= 15 is 0 Å². The highest BCUT2D eigenvalue weighted by atomic mass is 35.5. The summed E-state index contributed by atoms with van der Waals surface area (Å²) in [5.74, 6) is 1.42. The Labute approximate surface area is 105 Å². The van der Waals surface area contributed by atoms with E-state index in [0.29, 0.717) is 23.3 Å². The molecular weight excluding hydrogens is 240 g/mol. The third-order valence-electron chi connectivity index (χ3n) is 2.03. The van der Waals surface area contributed by atoms with Crippen LogP contribution in [0.25, 0.3) is 11.5 Å². The maximum Gasteiger partial charge on any atom is 0.226 e. The molecule has 0 aliphatic heterocycles. The SMILES string of the molecule is CC(C)Oc1cc(-c2nc(CCl)co2)ccn1. The molecule has 0 fully saturated rings. The van der Waals surface area contributed by atoms with E-state index in [-0.39, 0.29) is 6.10 Å². The lowest BCUT2D eigenvalue weighted by atomic mass is 10.2. The molecule has 0 amide bonds. The molecule has 90 valence electrons. The van der Waals surface area contributed by atoms with Crippen molar-refractivity contribution in [3.63, 3.8) is 0 Å². The van der Waals surface area contributed by atoms with E-state index in [1.807, 2.05) is 19.9 Å². The van der Waals surface area contributed by atoms with E-state index in [1.165, 1.54) is 0 Å². The van der Waals surface area contributed by atoms with Crippen molar-refractivity contribution in [2.75, 3.05) is 0 Å². The van der Waals surface area contributed by atoms with Crippen LogP contribution >= 0.6 is 11.6 Å². The molecule has 2 aromatic heterocycles. The lowest BCUT2D eigenvalue weighted by molar-refractivity contribution is 0.232. The zero-order valence-electron chi connectivity index (χ0n) is 9.68. The second kappa shape index (κ2) is 5.19. The fourth-order valence-corrected chi connectivity index (χ4v) is 1.47. The monoisotopic (exact) mass is 252 g/mol. The molecular formula is C12H13ClN2O2. The summed E-state index contributed by atoms with van der Waals surface area (Å²) in [6.07, 6.45) is 3.30. The van der Waals surface area contributed by atoms with Crippen LogP contribution < -0.4 is 4.74 Å². The lowest BCUT2D eigenvalue weighted by Crippen LogP contribution is -2.06. The van der Waals surface area contributed by atoms with Gasteiger partial charge in [-0.25, -0.2) is 9.97 Å². The summed E-state index contributed by atoms with van der Waals surface area (Å²) < 4.78 is 10.8. The lowest BCUT2D eigenvalue weighted by Gasteiger charge is -2.08. The average Bonchev–Trinajstić information content (AvgIpc) is 2.77. The Kier molecular flexibility index (Phi) is 3.64. The zero-order chi connectivity index (χ0) is 12.3. The minimum Gasteiger partial charge on any atom is -0.475 e. The Morgan fingerprint density at radius 2 is 2.29 bits per heavy atom. The smallest absolute Gasteiger partial charge is 0.226 e. The summed E-state index contributed by atoms with van der Waals surface area (Å²) in [5.41, 5.74) is 1.54. The van der Waals surface area contributed by atoms with Gasteiger partial charge in [0.25, 0.3) is 0 Å². The summed E-state index contributed by atoms with van der Waals surface area (Å²) >= 11 is 5.67. The molecule has 5 heteroatoms. The molecule has 2 aromatic rings. The second-order valence-electron chi connectivity index (χ2n) is 3.83. The van der Waals surface area contributed by atoms with Crippen LogP contribution in [0, 0.1) is 0 Å². The van der Waals surface area contributed by atoms with Crippen LogP contribution in [-0.2, 0) is 5.88 Å². The molecule has 0 N–H and O–H groups in total. The number of aromatic nitrogens is 2. The predicted octanol–water partition coefficient (Wildman–Crippen LogP) is 3.26. The Morgan fingerprint density at radius 3 is 2.94 bits per heavy atom. The Bertz CT molecular complexity index is 497. The molecule has 4 nitrogen and oxygen atoms in total. The van der Waals surface area contributed by atoms with Crippen LogP contribution in [0.4, 0.5) is 0 Å². The van der Waals surface area contributed by atoms with Crippen LogP contribution in [0.15, 0.2) is 29.0 Å². The van der Waals surface area contributed by atoms with Gasteiger partial charge in [-0.3, -0.25) is 0 Å². The molecule has 0 saturated carbocycles. The van der Waals surface area contributed by atoms with E-state index in [2.05, 4.69) is 9.97 Å². The molecule has 0 bridgehead atoms. The van der Waals surface area contributed by atoms with Crippen LogP contribution in [0.5, 0.6) is 5.88 Å². The van der Waals surface area contributed by atoms with Gasteiger partial charge in [0.2, 0.25) is 11.8 Å². The summed E-state index contributed by atoms with van der Waals surface area (Å²) in [4.78, 5) is 8.35. The molecule has 17 heavy (non-hydrogen) atoms. The van der Waals surface area contributed by atoms with Gasteiger partial charge < -0.3 is 9.15 Å². The summed E-state index contributed by atoms with van der Waals surface area (Å²) in [7, 11) is 0. The van der Waals surface area contributed by atoms with Crippen molar-refractivity contribution in [3.8, 4) is 17.3 Å². The molecule has 2 rings (SSSR count). The number of rotatable bonds is 4. The van der Waals surface area contributed by atoms with Crippen molar-refractivity contribution >= 4 is 11.6 Å². The predicted molar refractivity (Wildman–Crippen MR) is 65.1 cm³/mol. The summed E-state index contributed by atoms with van der Waals surface area (Å²) in [6.45, 7) is 3.90. The van der Waals surface area contributed by atoms with Gasteiger partial charge in [-0.1, -0.05) is 0 Å². The quantitative estimate of drug-likeness (QED) is 0.784. The van der Waals surface area contributed by atoms with Gasteiger partial charge in [-0.15, -0.1) is 11.6 Å². The minimum atomic E-state index is 0.0840. The topological polar surface area (TPSA) is 48.2 Å². The molecule has 0 unspecified atom stereocenters. The van der Waals surface area contributed by atoms with Crippen LogP contribution in [0.1, 0.15) is 19.5 Å². The van der Waals surface area contributed by atoms with Crippen molar-refractivity contribution in [3.05, 3.63) is 30.3 Å². The normalized spacial score (nSPS) is 10.8. The molecule has 2 heterocycles. The molecule has 0 spiro atoms. The van der Waals surface area contributed by atoms with Crippen LogP contribution in [0.3, 0.4) is 0 Å². The maximum absolute atomic E-state index is 5.67. The highest BCUT2D eigenvalue weighted by Crippen LogP contribution is 2.22. The zero-order valence-corrected chi connectivity index (χ0v) is 10.4. The van der Waals surface area contributed by atoms with Crippen molar-refractivity contribution in [2.24, 2.45) is 0 Å². The first-order valence-electron chi connectivity index (χ1n) is 5.32. The van der Waals surface area contributed by atoms with E-state index in [1.54, 1.807) is 18.5 Å². The van der Waals surface area contributed by atoms with Gasteiger partial charge in [-0.05, 0) is 19.9 Å². The van der Waals surface area contributed by atoms with Crippen LogP contribution in [0.2, 0.25) is 0 Å². The Morgan fingerprint density at radius 1 is 1.47 bits per heavy atom. The minimum absolute atomic E-state index is 0.0840. The van der Waals surface area contributed by atoms with Crippen molar-refractivity contribution in [1.82, 2.24) is 9.97 Å². The standard InChI is InChI=1S/C12H13ClN2O2/c1-8(2)17-11-5-9(3-4-14-11)12-15-10(6-13)7-16-12/h3-5,7-8H,6H2,1-2H3. The van der Waals surface area contributed by atoms with Gasteiger partial charge in [0, 0.05) is 17.8 Å². The van der Waals surface area contributed by atoms with E-state index < -0.39 is 0 Å². The third kappa shape index (κ3) is 2.97. The molecule has 0 saturated heterocycles. The highest BCUT2D eigenvalue weighted by Gasteiger charge is 2.08. The molecule has 0 atom stereocenters. The number of alkyl halides is 1. The number of ether oxygens (including phenoxy) is 1. The van der Waals surface area contributed by atoms with Gasteiger partial charge in [0.1, 0.15) is 6.26 Å². The largest absolute Gasteiger partial charge is 0.475 e. The summed E-state index contributed by atoms with van der Waals surface area (Å²) in [5, 5.41) is 0. The first-order valence-corrected chi connectivity index (χ1v) is 5.86. The Balaban J connectivity index is 2.26. The van der Waals surface area contributed by atoms with Crippen molar-refractivity contribution in [2.45, 2.75) is 25.8 Å². The van der Waals surface area contributed by atoms with Crippen molar-refractivity contribution in [1.29, 1.82) is 0 Å². The highest BCUT2D eigenvalue weighted by molar-refractivity contribution is 6.16. The number of nitrogens with zero attached hydrogens (tertiary/aromatic N) is 2. The van der Waals surface area contributed by atoms with Crippen LogP contribution in [-0.4, -0.2) is 16.1 Å². The third-order valence-corrected chi connectivity index (χ3v) is 2.30. The van der Waals surface area contributed by atoms with E-state index in [0.717, 1.165) is 5.56 Å². The number of hydrogen-bond acceptors (Lipinski definition) is 4. The van der Waals surface area contributed by atoms with E-state index in [9.17, 15) is 0 Å². The number of oxazole rings is 1. The molecule has 0 aromatic carbocycles. The van der Waals surface area contributed by atoms with Crippen molar-refractivity contribution < 1.29 is 9.15 Å². The van der Waals surface area contributed by atoms with Gasteiger partial charge in [-0.2, -0.15) is 0 Å². The number of pyridine rings is 1.